The Morgan fingerprint density at radius 1 is 1.14 bits per heavy atom. The van der Waals surface area contributed by atoms with Crippen LogP contribution in [0.25, 0.3) is 0 Å². The Morgan fingerprint density at radius 2 is 2.00 bits per heavy atom. The number of furan rings is 1. The van der Waals surface area contributed by atoms with E-state index in [-0.39, 0.29) is 0 Å². The van der Waals surface area contributed by atoms with Gasteiger partial charge in [-0.1, -0.05) is 30.3 Å². The number of piperidine rings is 1. The van der Waals surface area contributed by atoms with E-state index in [9.17, 15) is 0 Å². The summed E-state index contributed by atoms with van der Waals surface area (Å²) in [7, 11) is 0. The zero-order valence-corrected chi connectivity index (χ0v) is 16.6. The fourth-order valence-corrected chi connectivity index (χ4v) is 3.73. The lowest BCUT2D eigenvalue weighted by atomic mass is 9.96. The average Bonchev–Trinajstić information content (AvgIpc) is 3.48. The minimum Gasteiger partial charge on any atom is -0.469 e. The number of likely N-dealkylation sites (tertiary alicyclic amines) is 1. The number of H-pyrrole nitrogens is 1. The van der Waals surface area contributed by atoms with Crippen LogP contribution in [0.4, 0.5) is 0 Å². The van der Waals surface area contributed by atoms with Crippen LogP contribution in [0, 0.1) is 0 Å². The molecule has 7 heteroatoms. The van der Waals surface area contributed by atoms with Crippen LogP contribution in [0.15, 0.2) is 64.5 Å². The van der Waals surface area contributed by atoms with Gasteiger partial charge in [-0.2, -0.15) is 5.10 Å². The molecule has 152 valence electrons. The van der Waals surface area contributed by atoms with Gasteiger partial charge in [-0.15, -0.1) is 0 Å². The summed E-state index contributed by atoms with van der Waals surface area (Å²) in [5.41, 5.74) is 1.33. The van der Waals surface area contributed by atoms with Crippen molar-refractivity contribution < 1.29 is 4.42 Å². The third-order valence-electron chi connectivity index (χ3n) is 5.35. The van der Waals surface area contributed by atoms with Crippen LogP contribution >= 0.6 is 0 Å². The van der Waals surface area contributed by atoms with Crippen molar-refractivity contribution in [2.75, 3.05) is 26.2 Å². The van der Waals surface area contributed by atoms with Crippen molar-refractivity contribution in [1.29, 1.82) is 0 Å². The van der Waals surface area contributed by atoms with Crippen molar-refractivity contribution >= 4 is 5.96 Å². The summed E-state index contributed by atoms with van der Waals surface area (Å²) in [5, 5.41) is 10.6. The predicted molar refractivity (Wildman–Crippen MR) is 113 cm³/mol. The number of hydrogen-bond donors (Lipinski definition) is 2. The standard InChI is InChI=1S/C22H28N6O/c1-2-5-18(6-3-1)8-12-23-22(24-13-9-20-7-4-16-29-20)28-14-10-19(11-15-28)21-25-17-26-27-21/h1-7,16-17,19H,8-15H2,(H,23,24)(H,25,26,27). The van der Waals surface area contributed by atoms with Gasteiger partial charge in [0.2, 0.25) is 0 Å². The lowest BCUT2D eigenvalue weighted by molar-refractivity contribution is 0.298. The summed E-state index contributed by atoms with van der Waals surface area (Å²) in [5.74, 6) is 3.41. The van der Waals surface area contributed by atoms with Crippen LogP contribution in [-0.2, 0) is 12.8 Å². The Morgan fingerprint density at radius 3 is 2.72 bits per heavy atom. The van der Waals surface area contributed by atoms with E-state index in [0.29, 0.717) is 12.5 Å². The highest BCUT2D eigenvalue weighted by molar-refractivity contribution is 5.80. The van der Waals surface area contributed by atoms with Crippen LogP contribution in [-0.4, -0.2) is 52.2 Å². The third-order valence-corrected chi connectivity index (χ3v) is 5.35. The van der Waals surface area contributed by atoms with E-state index in [1.54, 1.807) is 12.6 Å². The third kappa shape index (κ3) is 5.47. The molecule has 0 aliphatic carbocycles. The Hall–Kier alpha value is -3.09. The Kier molecular flexibility index (Phi) is 6.57. The van der Waals surface area contributed by atoms with E-state index in [1.807, 2.05) is 12.1 Å². The number of hydrogen-bond acceptors (Lipinski definition) is 4. The van der Waals surface area contributed by atoms with Crippen molar-refractivity contribution in [3.05, 3.63) is 72.2 Å². The van der Waals surface area contributed by atoms with Crippen molar-refractivity contribution in [2.24, 2.45) is 4.99 Å². The second-order valence-electron chi connectivity index (χ2n) is 7.33. The van der Waals surface area contributed by atoms with E-state index in [0.717, 1.165) is 62.9 Å². The van der Waals surface area contributed by atoms with Crippen molar-refractivity contribution in [1.82, 2.24) is 25.4 Å². The number of guanidine groups is 1. The molecular formula is C22H28N6O. The monoisotopic (exact) mass is 392 g/mol. The first kappa shape index (κ1) is 19.2. The average molecular weight is 393 g/mol. The quantitative estimate of drug-likeness (QED) is 0.477. The molecule has 0 amide bonds. The SMILES string of the molecule is c1ccc(CCNC(=NCCc2ccco2)N2CCC(c3ncn[nH]3)CC2)cc1. The molecule has 7 nitrogen and oxygen atoms in total. The van der Waals surface area contributed by atoms with E-state index in [2.05, 4.69) is 55.7 Å². The van der Waals surface area contributed by atoms with E-state index >= 15 is 0 Å². The van der Waals surface area contributed by atoms with E-state index in [4.69, 9.17) is 9.41 Å². The molecule has 0 bridgehead atoms. The number of aliphatic imine (C=N–C) groups is 1. The van der Waals surface area contributed by atoms with Crippen molar-refractivity contribution in [3.63, 3.8) is 0 Å². The fourth-order valence-electron chi connectivity index (χ4n) is 3.73. The maximum absolute atomic E-state index is 5.44. The number of nitrogens with zero attached hydrogens (tertiary/aromatic N) is 4. The van der Waals surface area contributed by atoms with Crippen LogP contribution in [0.3, 0.4) is 0 Å². The molecule has 1 fully saturated rings. The molecule has 1 saturated heterocycles. The molecule has 2 aromatic heterocycles. The van der Waals surface area contributed by atoms with Gasteiger partial charge < -0.3 is 14.6 Å². The second-order valence-corrected chi connectivity index (χ2v) is 7.33. The van der Waals surface area contributed by atoms with Gasteiger partial charge >= 0.3 is 0 Å². The summed E-state index contributed by atoms with van der Waals surface area (Å²) in [6, 6.07) is 14.5. The zero-order chi connectivity index (χ0) is 19.7. The Balaban J connectivity index is 1.34. The second kappa shape index (κ2) is 9.91. The van der Waals surface area contributed by atoms with Crippen LogP contribution in [0.2, 0.25) is 0 Å². The summed E-state index contributed by atoms with van der Waals surface area (Å²) < 4.78 is 5.44. The summed E-state index contributed by atoms with van der Waals surface area (Å²) in [6.45, 7) is 3.50. The predicted octanol–water partition coefficient (Wildman–Crippen LogP) is 3.01. The van der Waals surface area contributed by atoms with Crippen LogP contribution in [0.5, 0.6) is 0 Å². The molecule has 1 aromatic carbocycles. The highest BCUT2D eigenvalue weighted by atomic mass is 16.3. The van der Waals surface area contributed by atoms with Gasteiger partial charge in [-0.25, -0.2) is 4.98 Å². The minimum absolute atomic E-state index is 0.447. The van der Waals surface area contributed by atoms with Gasteiger partial charge in [0.15, 0.2) is 5.96 Å². The molecule has 29 heavy (non-hydrogen) atoms. The highest BCUT2D eigenvalue weighted by Gasteiger charge is 2.24. The molecule has 3 aromatic rings. The molecule has 0 radical (unpaired) electrons. The summed E-state index contributed by atoms with van der Waals surface area (Å²) >= 11 is 0. The summed E-state index contributed by atoms with van der Waals surface area (Å²) in [6.07, 6.45) is 7.19. The minimum atomic E-state index is 0.447. The Bertz CT molecular complexity index is 852. The maximum atomic E-state index is 5.44. The van der Waals surface area contributed by atoms with E-state index < -0.39 is 0 Å². The molecule has 3 heterocycles. The van der Waals surface area contributed by atoms with Crippen LogP contribution in [0.1, 0.15) is 35.9 Å². The topological polar surface area (TPSA) is 82.3 Å². The lowest BCUT2D eigenvalue weighted by Crippen LogP contribution is -2.46. The highest BCUT2D eigenvalue weighted by Crippen LogP contribution is 2.24. The van der Waals surface area contributed by atoms with Crippen molar-refractivity contribution in [2.45, 2.75) is 31.6 Å². The number of benzene rings is 1. The smallest absolute Gasteiger partial charge is 0.193 e. The van der Waals surface area contributed by atoms with Gasteiger partial charge in [0.25, 0.3) is 0 Å². The number of aromatic nitrogens is 3. The maximum Gasteiger partial charge on any atom is 0.193 e. The van der Waals surface area contributed by atoms with Gasteiger partial charge in [-0.05, 0) is 37.0 Å². The number of aromatic amines is 1. The first-order chi connectivity index (χ1) is 14.4. The number of rotatable bonds is 7. The van der Waals surface area contributed by atoms with Gasteiger partial charge in [-0.3, -0.25) is 10.1 Å². The molecule has 0 saturated carbocycles. The molecule has 2 N–H and O–H groups in total. The van der Waals surface area contributed by atoms with Crippen LogP contribution < -0.4 is 5.32 Å². The summed E-state index contributed by atoms with van der Waals surface area (Å²) in [4.78, 5) is 11.6. The Labute approximate surface area is 171 Å². The lowest BCUT2D eigenvalue weighted by Gasteiger charge is -2.33. The normalized spacial score (nSPS) is 15.6. The molecular weight excluding hydrogens is 364 g/mol. The zero-order valence-electron chi connectivity index (χ0n) is 16.6. The first-order valence-corrected chi connectivity index (χ1v) is 10.3. The van der Waals surface area contributed by atoms with Gasteiger partial charge in [0.1, 0.15) is 17.9 Å². The van der Waals surface area contributed by atoms with Crippen molar-refractivity contribution in [3.8, 4) is 0 Å². The molecule has 1 aliphatic rings. The molecule has 0 unspecified atom stereocenters. The fraction of sp³-hybridized carbons (Fsp3) is 0.409. The number of nitrogens with one attached hydrogen (secondary N) is 2. The first-order valence-electron chi connectivity index (χ1n) is 10.3. The largest absolute Gasteiger partial charge is 0.469 e. The molecule has 1 aliphatic heterocycles. The molecule has 0 atom stereocenters. The van der Waals surface area contributed by atoms with Gasteiger partial charge in [0.05, 0.1) is 6.26 Å². The van der Waals surface area contributed by atoms with Gasteiger partial charge in [0, 0.05) is 38.5 Å². The molecule has 0 spiro atoms. The van der Waals surface area contributed by atoms with E-state index in [1.165, 1.54) is 5.56 Å². The molecule has 4 rings (SSSR count).